The van der Waals surface area contributed by atoms with Gasteiger partial charge in [0.15, 0.2) is 0 Å². The third-order valence-electron chi connectivity index (χ3n) is 2.67. The predicted octanol–water partition coefficient (Wildman–Crippen LogP) is 1.11. The molecular weight excluding hydrogens is 202 g/mol. The van der Waals surface area contributed by atoms with Gasteiger partial charge in [-0.1, -0.05) is 37.3 Å². The second-order valence-corrected chi connectivity index (χ2v) is 4.56. The smallest absolute Gasteiger partial charge is 0.0992 e. The van der Waals surface area contributed by atoms with E-state index in [1.54, 1.807) is 6.92 Å². The third-order valence-corrected chi connectivity index (χ3v) is 2.67. The third kappa shape index (κ3) is 3.93. The van der Waals surface area contributed by atoms with Crippen LogP contribution in [0, 0.1) is 5.92 Å². The van der Waals surface area contributed by atoms with E-state index >= 15 is 0 Å². The van der Waals surface area contributed by atoms with E-state index in [0.29, 0.717) is 13.1 Å². The Hall–Kier alpha value is -0.900. The van der Waals surface area contributed by atoms with Gasteiger partial charge in [-0.3, -0.25) is 0 Å². The van der Waals surface area contributed by atoms with Crippen LogP contribution in [-0.4, -0.2) is 29.9 Å². The van der Waals surface area contributed by atoms with Gasteiger partial charge >= 0.3 is 0 Å². The van der Waals surface area contributed by atoms with E-state index in [0.717, 1.165) is 5.56 Å². The van der Waals surface area contributed by atoms with Crippen molar-refractivity contribution in [2.45, 2.75) is 19.4 Å². The van der Waals surface area contributed by atoms with Crippen LogP contribution in [0.15, 0.2) is 30.3 Å². The molecule has 1 aromatic rings. The Bertz CT molecular complexity index is 298. The Balaban J connectivity index is 2.46. The van der Waals surface area contributed by atoms with Crippen molar-refractivity contribution in [1.29, 1.82) is 0 Å². The lowest BCUT2D eigenvalue weighted by Crippen LogP contribution is -2.37. The first-order valence-electron chi connectivity index (χ1n) is 5.66. The van der Waals surface area contributed by atoms with Crippen LogP contribution in [0.5, 0.6) is 0 Å². The van der Waals surface area contributed by atoms with Crippen LogP contribution >= 0.6 is 0 Å². The molecule has 1 rings (SSSR count). The van der Waals surface area contributed by atoms with Gasteiger partial charge in [0.05, 0.1) is 5.60 Å². The molecule has 0 amide bonds. The van der Waals surface area contributed by atoms with Crippen molar-refractivity contribution in [3.8, 4) is 0 Å². The lowest BCUT2D eigenvalue weighted by Gasteiger charge is -2.25. The highest BCUT2D eigenvalue weighted by Gasteiger charge is 2.22. The summed E-state index contributed by atoms with van der Waals surface area (Å²) < 4.78 is 0. The van der Waals surface area contributed by atoms with Crippen molar-refractivity contribution in [2.24, 2.45) is 5.92 Å². The van der Waals surface area contributed by atoms with Crippen LogP contribution in [0.2, 0.25) is 0 Å². The summed E-state index contributed by atoms with van der Waals surface area (Å²) in [6.07, 6.45) is 0. The molecule has 0 aliphatic rings. The zero-order valence-electron chi connectivity index (χ0n) is 9.98. The maximum atomic E-state index is 10.2. The highest BCUT2D eigenvalue weighted by molar-refractivity contribution is 5.21. The van der Waals surface area contributed by atoms with Crippen LogP contribution in [0.4, 0.5) is 0 Å². The Morgan fingerprint density at radius 3 is 2.50 bits per heavy atom. The Morgan fingerprint density at radius 2 is 1.94 bits per heavy atom. The van der Waals surface area contributed by atoms with Crippen LogP contribution < -0.4 is 5.32 Å². The molecule has 0 aromatic heterocycles. The minimum absolute atomic E-state index is 0.167. The average Bonchev–Trinajstić information content (AvgIpc) is 2.30. The fourth-order valence-electron chi connectivity index (χ4n) is 1.53. The van der Waals surface area contributed by atoms with Crippen molar-refractivity contribution in [2.75, 3.05) is 19.7 Å². The molecule has 3 N–H and O–H groups in total. The Morgan fingerprint density at radius 1 is 1.31 bits per heavy atom. The minimum atomic E-state index is -0.865. The number of benzene rings is 1. The summed E-state index contributed by atoms with van der Waals surface area (Å²) in [4.78, 5) is 0. The van der Waals surface area contributed by atoms with E-state index in [-0.39, 0.29) is 12.5 Å². The van der Waals surface area contributed by atoms with Crippen molar-refractivity contribution >= 4 is 0 Å². The van der Waals surface area contributed by atoms with Crippen molar-refractivity contribution in [3.63, 3.8) is 0 Å². The van der Waals surface area contributed by atoms with Gasteiger partial charge < -0.3 is 15.5 Å². The number of hydrogen-bond donors (Lipinski definition) is 3. The summed E-state index contributed by atoms with van der Waals surface area (Å²) in [5, 5.41) is 22.3. The van der Waals surface area contributed by atoms with Gasteiger partial charge in [-0.2, -0.15) is 0 Å². The largest absolute Gasteiger partial charge is 0.396 e. The molecule has 0 bridgehead atoms. The second-order valence-electron chi connectivity index (χ2n) is 4.56. The fourth-order valence-corrected chi connectivity index (χ4v) is 1.53. The number of aliphatic hydroxyl groups is 2. The summed E-state index contributed by atoms with van der Waals surface area (Å²) >= 11 is 0. The van der Waals surface area contributed by atoms with Crippen LogP contribution in [-0.2, 0) is 5.60 Å². The highest BCUT2D eigenvalue weighted by atomic mass is 16.3. The number of rotatable bonds is 6. The first-order valence-corrected chi connectivity index (χ1v) is 5.66. The first-order chi connectivity index (χ1) is 7.56. The molecule has 0 spiro atoms. The Labute approximate surface area is 97.1 Å². The summed E-state index contributed by atoms with van der Waals surface area (Å²) in [5.41, 5.74) is 0.0373. The molecule has 0 aliphatic carbocycles. The number of hydrogen-bond acceptors (Lipinski definition) is 3. The van der Waals surface area contributed by atoms with E-state index < -0.39 is 5.60 Å². The zero-order valence-corrected chi connectivity index (χ0v) is 9.98. The minimum Gasteiger partial charge on any atom is -0.396 e. The van der Waals surface area contributed by atoms with Crippen LogP contribution in [0.25, 0.3) is 0 Å². The molecule has 90 valence electrons. The monoisotopic (exact) mass is 223 g/mol. The van der Waals surface area contributed by atoms with E-state index in [4.69, 9.17) is 5.11 Å². The molecule has 0 saturated carbocycles. The highest BCUT2D eigenvalue weighted by Crippen LogP contribution is 2.18. The fraction of sp³-hybridized carbons (Fsp3) is 0.538. The SMILES string of the molecule is CC(CO)CNCC(C)(O)c1ccccc1. The van der Waals surface area contributed by atoms with E-state index in [2.05, 4.69) is 5.32 Å². The lowest BCUT2D eigenvalue weighted by molar-refractivity contribution is 0.0553. The molecule has 0 heterocycles. The van der Waals surface area contributed by atoms with Crippen LogP contribution in [0.1, 0.15) is 19.4 Å². The van der Waals surface area contributed by atoms with Crippen LogP contribution in [0.3, 0.4) is 0 Å². The standard InChI is InChI=1S/C13H21NO2/c1-11(9-15)8-14-10-13(2,16)12-6-4-3-5-7-12/h3-7,11,14-16H,8-10H2,1-2H3. The molecule has 0 aliphatic heterocycles. The zero-order chi connectivity index (χ0) is 12.0. The van der Waals surface area contributed by atoms with Crippen molar-refractivity contribution in [1.82, 2.24) is 5.32 Å². The van der Waals surface area contributed by atoms with E-state index in [1.807, 2.05) is 37.3 Å². The summed E-state index contributed by atoms with van der Waals surface area (Å²) in [7, 11) is 0. The van der Waals surface area contributed by atoms with Crippen molar-refractivity contribution in [3.05, 3.63) is 35.9 Å². The maximum absolute atomic E-state index is 10.2. The molecule has 0 saturated heterocycles. The summed E-state index contributed by atoms with van der Waals surface area (Å²) in [6, 6.07) is 9.59. The molecule has 0 fully saturated rings. The van der Waals surface area contributed by atoms with Gasteiger partial charge in [0.1, 0.15) is 0 Å². The Kier molecular flexibility index (Phi) is 4.93. The number of aliphatic hydroxyl groups excluding tert-OH is 1. The quantitative estimate of drug-likeness (QED) is 0.677. The normalized spacial score (nSPS) is 16.8. The van der Waals surface area contributed by atoms with E-state index in [9.17, 15) is 5.11 Å². The van der Waals surface area contributed by atoms with Crippen molar-refractivity contribution < 1.29 is 10.2 Å². The lowest BCUT2D eigenvalue weighted by atomic mass is 9.96. The molecule has 16 heavy (non-hydrogen) atoms. The molecule has 0 radical (unpaired) electrons. The number of nitrogens with one attached hydrogen (secondary N) is 1. The van der Waals surface area contributed by atoms with Gasteiger partial charge in [0, 0.05) is 19.7 Å². The van der Waals surface area contributed by atoms with Gasteiger partial charge in [-0.05, 0) is 18.4 Å². The summed E-state index contributed by atoms with van der Waals surface area (Å²) in [6.45, 7) is 5.12. The van der Waals surface area contributed by atoms with Gasteiger partial charge in [0.25, 0.3) is 0 Å². The molecule has 3 nitrogen and oxygen atoms in total. The molecule has 1 aromatic carbocycles. The molecule has 2 unspecified atom stereocenters. The second kappa shape index (κ2) is 5.99. The molecule has 2 atom stereocenters. The van der Waals surface area contributed by atoms with Gasteiger partial charge in [0.2, 0.25) is 0 Å². The predicted molar refractivity (Wildman–Crippen MR) is 65.1 cm³/mol. The van der Waals surface area contributed by atoms with Gasteiger partial charge in [-0.15, -0.1) is 0 Å². The van der Waals surface area contributed by atoms with E-state index in [1.165, 1.54) is 0 Å². The maximum Gasteiger partial charge on any atom is 0.0992 e. The van der Waals surface area contributed by atoms with Gasteiger partial charge in [-0.25, -0.2) is 0 Å². The summed E-state index contributed by atoms with van der Waals surface area (Å²) in [5.74, 6) is 0.214. The average molecular weight is 223 g/mol. The first kappa shape index (κ1) is 13.2. The topological polar surface area (TPSA) is 52.5 Å². The molecule has 3 heteroatoms. The molecular formula is C13H21NO2.